The van der Waals surface area contributed by atoms with Gasteiger partial charge in [-0.25, -0.2) is 4.79 Å². The Bertz CT molecular complexity index is 303. The Hall–Kier alpha value is -2.17. The predicted molar refractivity (Wildman–Crippen MR) is 42.2 cm³/mol. The highest BCUT2D eigenvalue weighted by molar-refractivity contribution is 5.87. The molecule has 8 nitrogen and oxygen atoms in total. The normalized spacial score (nSPS) is 10.0. The lowest BCUT2D eigenvalue weighted by Crippen LogP contribution is -2.47. The van der Waals surface area contributed by atoms with E-state index in [1.807, 2.05) is 0 Å². The van der Waals surface area contributed by atoms with Gasteiger partial charge in [0.1, 0.15) is 9.85 Å². The number of carbonyl (C=O) groups is 1. The molecule has 0 aromatic rings. The summed E-state index contributed by atoms with van der Waals surface area (Å²) in [6.07, 6.45) is 4.59. The average Bonchev–Trinajstić information content (AvgIpc) is 2.12. The minimum atomic E-state index is -2.56. The van der Waals surface area contributed by atoms with E-state index in [9.17, 15) is 25.0 Å². The molecular weight excluding hydrogens is 196 g/mol. The Labute approximate surface area is 78.1 Å². The first-order chi connectivity index (χ1) is 6.34. The number of hydrogen-bond acceptors (Lipinski definition) is 6. The minimum absolute atomic E-state index is 0.719. The van der Waals surface area contributed by atoms with E-state index >= 15 is 0 Å². The van der Waals surface area contributed by atoms with Crippen LogP contribution in [0.4, 0.5) is 0 Å². The molecule has 0 aliphatic rings. The van der Waals surface area contributed by atoms with Crippen molar-refractivity contribution in [2.24, 2.45) is 0 Å². The highest BCUT2D eigenvalue weighted by Gasteiger charge is 2.52. The summed E-state index contributed by atoms with van der Waals surface area (Å²) in [5.74, 6) is 0.328. The summed E-state index contributed by atoms with van der Waals surface area (Å²) in [4.78, 5) is 28.7. The lowest BCUT2D eigenvalue weighted by molar-refractivity contribution is -0.793. The summed E-state index contributed by atoms with van der Waals surface area (Å²) >= 11 is 0. The lowest BCUT2D eigenvalue weighted by Gasteiger charge is -2.11. The van der Waals surface area contributed by atoms with Crippen molar-refractivity contribution in [2.75, 3.05) is 6.61 Å². The molecule has 0 fully saturated rings. The van der Waals surface area contributed by atoms with Crippen LogP contribution in [0.3, 0.4) is 0 Å². The molecule has 76 valence electrons. The monoisotopic (exact) mass is 202 g/mol. The van der Waals surface area contributed by atoms with Crippen LogP contribution in [0.15, 0.2) is 0 Å². The number of hydrogen-bond donors (Lipinski definition) is 0. The molecule has 0 bridgehead atoms. The third kappa shape index (κ3) is 2.41. The number of esters is 1. The molecular formula is C6H6N2O6. The van der Waals surface area contributed by atoms with Gasteiger partial charge in [0, 0.05) is 5.92 Å². The van der Waals surface area contributed by atoms with Gasteiger partial charge >= 0.3 is 11.6 Å². The van der Waals surface area contributed by atoms with Crippen molar-refractivity contribution in [1.29, 1.82) is 0 Å². The van der Waals surface area contributed by atoms with E-state index in [0.29, 0.717) is 0 Å². The van der Waals surface area contributed by atoms with Crippen molar-refractivity contribution in [3.8, 4) is 12.3 Å². The van der Waals surface area contributed by atoms with E-state index < -0.39 is 28.1 Å². The molecule has 0 saturated heterocycles. The van der Waals surface area contributed by atoms with Gasteiger partial charge in [-0.3, -0.25) is 20.2 Å². The summed E-state index contributed by atoms with van der Waals surface area (Å²) in [5, 5.41) is 20.6. The maximum absolute atomic E-state index is 10.4. The Kier molecular flexibility index (Phi) is 3.53. The molecule has 0 amide bonds. The number of ether oxygens (including phenoxy) is 1. The number of terminal acetylenes is 1. The highest BCUT2D eigenvalue weighted by atomic mass is 16.7. The zero-order chi connectivity index (χ0) is 11.4. The van der Waals surface area contributed by atoms with Gasteiger partial charge in [-0.1, -0.05) is 0 Å². The standard InChI is InChI=1S/C6H6N2O6/c1-3-5(9)14-4-6(2,7(10)11)8(12)13/h1H,4H2,2H3. The van der Waals surface area contributed by atoms with Crippen molar-refractivity contribution < 1.29 is 19.4 Å². The van der Waals surface area contributed by atoms with E-state index in [-0.39, 0.29) is 0 Å². The van der Waals surface area contributed by atoms with Crippen LogP contribution < -0.4 is 0 Å². The third-order valence-electron chi connectivity index (χ3n) is 1.38. The van der Waals surface area contributed by atoms with Crippen LogP contribution in [-0.4, -0.2) is 28.1 Å². The summed E-state index contributed by atoms with van der Waals surface area (Å²) in [6.45, 7) is -0.285. The van der Waals surface area contributed by atoms with Crippen molar-refractivity contribution in [3.05, 3.63) is 20.2 Å². The summed E-state index contributed by atoms with van der Waals surface area (Å²) < 4.78 is 4.12. The Morgan fingerprint density at radius 1 is 1.50 bits per heavy atom. The van der Waals surface area contributed by atoms with Crippen molar-refractivity contribution >= 4 is 5.97 Å². The Balaban J connectivity index is 4.57. The molecule has 0 unspecified atom stereocenters. The number of carbonyl (C=O) groups excluding carboxylic acids is 1. The zero-order valence-electron chi connectivity index (χ0n) is 7.13. The van der Waals surface area contributed by atoms with Gasteiger partial charge in [0.2, 0.25) is 6.61 Å². The van der Waals surface area contributed by atoms with Gasteiger partial charge in [-0.15, -0.1) is 6.42 Å². The van der Waals surface area contributed by atoms with E-state index in [1.54, 1.807) is 0 Å². The summed E-state index contributed by atoms with van der Waals surface area (Å²) in [6, 6.07) is 0. The highest BCUT2D eigenvalue weighted by Crippen LogP contribution is 2.10. The maximum atomic E-state index is 10.4. The fourth-order valence-electron chi connectivity index (χ4n) is 0.416. The minimum Gasteiger partial charge on any atom is -0.440 e. The molecule has 0 atom stereocenters. The fraction of sp³-hybridized carbons (Fsp3) is 0.500. The van der Waals surface area contributed by atoms with Gasteiger partial charge in [-0.2, -0.15) is 0 Å². The maximum Gasteiger partial charge on any atom is 0.488 e. The van der Waals surface area contributed by atoms with Crippen molar-refractivity contribution in [2.45, 2.75) is 12.6 Å². The molecule has 0 N–H and O–H groups in total. The van der Waals surface area contributed by atoms with Crippen LogP contribution >= 0.6 is 0 Å². The molecule has 14 heavy (non-hydrogen) atoms. The number of rotatable bonds is 4. The average molecular weight is 202 g/mol. The smallest absolute Gasteiger partial charge is 0.440 e. The Morgan fingerprint density at radius 2 is 1.93 bits per heavy atom. The van der Waals surface area contributed by atoms with Gasteiger partial charge in [0.05, 0.1) is 6.92 Å². The summed E-state index contributed by atoms with van der Waals surface area (Å²) in [5.41, 5.74) is -2.56. The molecule has 0 aromatic heterocycles. The predicted octanol–water partition coefficient (Wildman–Crippen LogP) is -0.568. The summed E-state index contributed by atoms with van der Waals surface area (Å²) in [7, 11) is 0. The lowest BCUT2D eigenvalue weighted by atomic mass is 10.2. The first kappa shape index (κ1) is 11.8. The van der Waals surface area contributed by atoms with Crippen molar-refractivity contribution in [3.63, 3.8) is 0 Å². The third-order valence-corrected chi connectivity index (χ3v) is 1.38. The van der Waals surface area contributed by atoms with Crippen molar-refractivity contribution in [1.82, 2.24) is 0 Å². The largest absolute Gasteiger partial charge is 0.488 e. The zero-order valence-corrected chi connectivity index (χ0v) is 7.13. The van der Waals surface area contributed by atoms with Gasteiger partial charge in [0.25, 0.3) is 0 Å². The fourth-order valence-corrected chi connectivity index (χ4v) is 0.416. The molecule has 0 aliphatic carbocycles. The molecule has 0 aromatic carbocycles. The van der Waals surface area contributed by atoms with Crippen LogP contribution in [0.1, 0.15) is 6.92 Å². The van der Waals surface area contributed by atoms with E-state index in [1.165, 1.54) is 5.92 Å². The molecule has 0 spiro atoms. The van der Waals surface area contributed by atoms with Gasteiger partial charge in [0.15, 0.2) is 0 Å². The SMILES string of the molecule is C#CC(=O)OCC(C)([N+](=O)[O-])[N+](=O)[O-]. The van der Waals surface area contributed by atoms with E-state index in [2.05, 4.69) is 11.2 Å². The molecule has 0 radical (unpaired) electrons. The molecule has 0 aliphatic heterocycles. The first-order valence-electron chi connectivity index (χ1n) is 3.27. The first-order valence-corrected chi connectivity index (χ1v) is 3.27. The van der Waals surface area contributed by atoms with Crippen LogP contribution in [0.25, 0.3) is 0 Å². The molecule has 0 heterocycles. The topological polar surface area (TPSA) is 113 Å². The van der Waals surface area contributed by atoms with Gasteiger partial charge < -0.3 is 4.74 Å². The second-order valence-corrected chi connectivity index (χ2v) is 2.45. The quantitative estimate of drug-likeness (QED) is 0.151. The second-order valence-electron chi connectivity index (χ2n) is 2.45. The van der Waals surface area contributed by atoms with Crippen LogP contribution in [0.2, 0.25) is 0 Å². The van der Waals surface area contributed by atoms with Crippen LogP contribution in [0, 0.1) is 32.6 Å². The number of nitro groups is 2. The van der Waals surface area contributed by atoms with Crippen LogP contribution in [-0.2, 0) is 9.53 Å². The van der Waals surface area contributed by atoms with Gasteiger partial charge in [-0.05, 0) is 0 Å². The van der Waals surface area contributed by atoms with E-state index in [4.69, 9.17) is 0 Å². The molecule has 0 rings (SSSR count). The Morgan fingerprint density at radius 3 is 2.21 bits per heavy atom. The molecule has 8 heteroatoms. The van der Waals surface area contributed by atoms with Crippen LogP contribution in [0.5, 0.6) is 0 Å². The second kappa shape index (κ2) is 4.18. The number of nitrogens with zero attached hydrogens (tertiary/aromatic N) is 2. The molecule has 0 saturated carbocycles. The van der Waals surface area contributed by atoms with E-state index in [0.717, 1.165) is 6.92 Å².